The van der Waals surface area contributed by atoms with Crippen molar-refractivity contribution in [2.75, 3.05) is 31.2 Å². The topological polar surface area (TPSA) is 117 Å². The molecule has 2 heterocycles. The molecule has 1 amide bonds. The summed E-state index contributed by atoms with van der Waals surface area (Å²) < 4.78 is 5.17. The van der Waals surface area contributed by atoms with E-state index in [4.69, 9.17) is 15.9 Å². The van der Waals surface area contributed by atoms with Gasteiger partial charge in [-0.25, -0.2) is 9.97 Å². The summed E-state index contributed by atoms with van der Waals surface area (Å²) in [5.74, 6) is 1.35. The molecule has 8 nitrogen and oxygen atoms in total. The fourth-order valence-electron chi connectivity index (χ4n) is 3.27. The van der Waals surface area contributed by atoms with Gasteiger partial charge in [-0.1, -0.05) is 6.58 Å². The number of methoxy groups -OCH3 is 1. The number of hydrogen-bond acceptors (Lipinski definition) is 7. The fourth-order valence-corrected chi connectivity index (χ4v) is 3.27. The standard InChI is InChI=1S/C20H24N6O2/c1-3-16(27)26-10-4-5-14(11-26)25-20-17(19(22)23-12-24-20)18(21)13-6-8-15(28-2)9-7-13/h3,6-9,12,14,21H,1,4-5,10-11H2,2H3,(H3,22,23,24,25). The lowest BCUT2D eigenvalue weighted by molar-refractivity contribution is -0.127. The molecule has 1 aromatic heterocycles. The summed E-state index contributed by atoms with van der Waals surface area (Å²) in [5.41, 5.74) is 7.43. The molecule has 3 rings (SSSR count). The van der Waals surface area contributed by atoms with Gasteiger partial charge in [0.05, 0.1) is 18.4 Å². The molecule has 1 fully saturated rings. The Bertz CT molecular complexity index is 881. The number of nitrogen functional groups attached to an aromatic ring is 1. The molecule has 28 heavy (non-hydrogen) atoms. The van der Waals surface area contributed by atoms with Crippen molar-refractivity contribution in [3.05, 3.63) is 54.4 Å². The zero-order chi connectivity index (χ0) is 20.1. The molecule has 1 aromatic carbocycles. The number of nitrogens with two attached hydrogens (primary N) is 1. The van der Waals surface area contributed by atoms with E-state index in [2.05, 4.69) is 21.9 Å². The zero-order valence-electron chi connectivity index (χ0n) is 15.8. The van der Waals surface area contributed by atoms with E-state index in [0.717, 1.165) is 12.8 Å². The van der Waals surface area contributed by atoms with Crippen molar-refractivity contribution in [3.63, 3.8) is 0 Å². The van der Waals surface area contributed by atoms with Crippen molar-refractivity contribution >= 4 is 23.3 Å². The van der Waals surface area contributed by atoms with Crippen LogP contribution in [-0.4, -0.2) is 52.7 Å². The largest absolute Gasteiger partial charge is 0.497 e. The number of nitrogens with one attached hydrogen (secondary N) is 2. The van der Waals surface area contributed by atoms with Crippen molar-refractivity contribution in [2.24, 2.45) is 0 Å². The molecule has 2 aromatic rings. The SMILES string of the molecule is C=CC(=O)N1CCCC(Nc2ncnc(N)c2C(=N)c2ccc(OC)cc2)C1. The lowest BCUT2D eigenvalue weighted by Gasteiger charge is -2.33. The average Bonchev–Trinajstić information content (AvgIpc) is 2.73. The Hall–Kier alpha value is -3.42. The molecule has 146 valence electrons. The Morgan fingerprint density at radius 3 is 2.82 bits per heavy atom. The molecule has 1 aliphatic rings. The maximum atomic E-state index is 11.9. The molecule has 8 heteroatoms. The minimum Gasteiger partial charge on any atom is -0.497 e. The summed E-state index contributed by atoms with van der Waals surface area (Å²) >= 11 is 0. The number of piperidine rings is 1. The predicted molar refractivity (Wildman–Crippen MR) is 109 cm³/mol. The summed E-state index contributed by atoms with van der Waals surface area (Å²) in [6.07, 6.45) is 4.47. The Kier molecular flexibility index (Phi) is 5.88. The maximum Gasteiger partial charge on any atom is 0.246 e. The lowest BCUT2D eigenvalue weighted by atomic mass is 10.0. The van der Waals surface area contributed by atoms with Crippen LogP contribution in [0.1, 0.15) is 24.0 Å². The number of benzene rings is 1. The first-order chi connectivity index (χ1) is 13.5. The van der Waals surface area contributed by atoms with Crippen molar-refractivity contribution in [1.82, 2.24) is 14.9 Å². The second-order valence-corrected chi connectivity index (χ2v) is 6.56. The van der Waals surface area contributed by atoms with Crippen LogP contribution in [0.2, 0.25) is 0 Å². The fraction of sp³-hybridized carbons (Fsp3) is 0.300. The van der Waals surface area contributed by atoms with Gasteiger partial charge in [-0.2, -0.15) is 0 Å². The van der Waals surface area contributed by atoms with Crippen molar-refractivity contribution in [2.45, 2.75) is 18.9 Å². The molecule has 1 unspecified atom stereocenters. The van der Waals surface area contributed by atoms with Crippen molar-refractivity contribution in [1.29, 1.82) is 5.41 Å². The van der Waals surface area contributed by atoms with E-state index in [9.17, 15) is 4.79 Å². The third kappa shape index (κ3) is 4.11. The second kappa shape index (κ2) is 8.51. The monoisotopic (exact) mass is 380 g/mol. The van der Waals surface area contributed by atoms with Gasteiger partial charge in [-0.3, -0.25) is 10.2 Å². The van der Waals surface area contributed by atoms with E-state index in [1.165, 1.54) is 12.4 Å². The molecule has 4 N–H and O–H groups in total. The van der Waals surface area contributed by atoms with E-state index >= 15 is 0 Å². The van der Waals surface area contributed by atoms with Gasteiger partial charge in [-0.15, -0.1) is 0 Å². The van der Waals surface area contributed by atoms with E-state index < -0.39 is 0 Å². The lowest BCUT2D eigenvalue weighted by Crippen LogP contribution is -2.44. The van der Waals surface area contributed by atoms with Crippen LogP contribution in [0, 0.1) is 5.41 Å². The number of aromatic nitrogens is 2. The molecule has 0 radical (unpaired) electrons. The molecule has 1 atom stereocenters. The number of nitrogens with zero attached hydrogens (tertiary/aromatic N) is 3. The summed E-state index contributed by atoms with van der Waals surface area (Å²) in [4.78, 5) is 22.0. The van der Waals surface area contributed by atoms with Crippen molar-refractivity contribution < 1.29 is 9.53 Å². The highest BCUT2D eigenvalue weighted by Crippen LogP contribution is 2.25. The Labute approximate surface area is 163 Å². The quantitative estimate of drug-likeness (QED) is 0.522. The van der Waals surface area contributed by atoms with Crippen LogP contribution in [0.15, 0.2) is 43.2 Å². The number of carbonyl (C=O) groups excluding carboxylic acids is 1. The predicted octanol–water partition coefficient (Wildman–Crippen LogP) is 2.07. The number of carbonyl (C=O) groups is 1. The number of anilines is 2. The van der Waals surface area contributed by atoms with Gasteiger partial charge < -0.3 is 20.7 Å². The van der Waals surface area contributed by atoms with Crippen LogP contribution in [0.5, 0.6) is 5.75 Å². The van der Waals surface area contributed by atoms with Gasteiger partial charge in [0.1, 0.15) is 23.7 Å². The van der Waals surface area contributed by atoms with E-state index in [1.54, 1.807) is 36.3 Å². The van der Waals surface area contributed by atoms with Crippen LogP contribution < -0.4 is 15.8 Å². The van der Waals surface area contributed by atoms with Crippen LogP contribution in [0.3, 0.4) is 0 Å². The van der Waals surface area contributed by atoms with Gasteiger partial charge in [0, 0.05) is 24.7 Å². The van der Waals surface area contributed by atoms with Gasteiger partial charge in [0.2, 0.25) is 5.91 Å². The first-order valence-corrected chi connectivity index (χ1v) is 9.05. The third-order valence-electron chi connectivity index (χ3n) is 4.75. The minimum absolute atomic E-state index is 0.00867. The van der Waals surface area contributed by atoms with Gasteiger partial charge in [0.15, 0.2) is 0 Å². The molecular formula is C20H24N6O2. The number of rotatable bonds is 6. The number of amides is 1. The van der Waals surface area contributed by atoms with Crippen LogP contribution in [0.4, 0.5) is 11.6 Å². The van der Waals surface area contributed by atoms with E-state index in [1.807, 2.05) is 0 Å². The number of likely N-dealkylation sites (tertiary alicyclic amines) is 1. The highest BCUT2D eigenvalue weighted by atomic mass is 16.5. The molecule has 1 saturated heterocycles. The highest BCUT2D eigenvalue weighted by Gasteiger charge is 2.24. The minimum atomic E-state index is -0.0834. The Morgan fingerprint density at radius 2 is 2.14 bits per heavy atom. The van der Waals surface area contributed by atoms with Gasteiger partial charge >= 0.3 is 0 Å². The first-order valence-electron chi connectivity index (χ1n) is 9.05. The zero-order valence-corrected chi connectivity index (χ0v) is 15.8. The van der Waals surface area contributed by atoms with Gasteiger partial charge in [-0.05, 0) is 43.2 Å². The molecular weight excluding hydrogens is 356 g/mol. The number of hydrogen-bond donors (Lipinski definition) is 3. The van der Waals surface area contributed by atoms with Crippen LogP contribution in [0.25, 0.3) is 0 Å². The summed E-state index contributed by atoms with van der Waals surface area (Å²) in [6, 6.07) is 7.17. The molecule has 0 spiro atoms. The molecule has 0 saturated carbocycles. The molecule has 0 bridgehead atoms. The second-order valence-electron chi connectivity index (χ2n) is 6.56. The summed E-state index contributed by atoms with van der Waals surface area (Å²) in [5, 5.41) is 12.0. The van der Waals surface area contributed by atoms with E-state index in [0.29, 0.717) is 35.8 Å². The van der Waals surface area contributed by atoms with Crippen LogP contribution >= 0.6 is 0 Å². The molecule has 0 aliphatic carbocycles. The van der Waals surface area contributed by atoms with E-state index in [-0.39, 0.29) is 23.5 Å². The normalized spacial score (nSPS) is 16.3. The molecule has 1 aliphatic heterocycles. The maximum absolute atomic E-state index is 11.9. The smallest absolute Gasteiger partial charge is 0.246 e. The Balaban J connectivity index is 1.84. The average molecular weight is 380 g/mol. The van der Waals surface area contributed by atoms with Crippen LogP contribution in [-0.2, 0) is 4.79 Å². The highest BCUT2D eigenvalue weighted by molar-refractivity contribution is 6.16. The number of ether oxygens (including phenoxy) is 1. The Morgan fingerprint density at radius 1 is 1.39 bits per heavy atom. The van der Waals surface area contributed by atoms with Crippen molar-refractivity contribution in [3.8, 4) is 5.75 Å². The third-order valence-corrected chi connectivity index (χ3v) is 4.75. The summed E-state index contributed by atoms with van der Waals surface area (Å²) in [6.45, 7) is 4.81. The summed E-state index contributed by atoms with van der Waals surface area (Å²) in [7, 11) is 1.59. The van der Waals surface area contributed by atoms with Gasteiger partial charge in [0.25, 0.3) is 0 Å². The first kappa shape index (κ1) is 19.3.